The number of anilines is 1. The van der Waals surface area contributed by atoms with Gasteiger partial charge in [0.2, 0.25) is 0 Å². The van der Waals surface area contributed by atoms with Gasteiger partial charge in [-0.1, -0.05) is 38.5 Å². The summed E-state index contributed by atoms with van der Waals surface area (Å²) in [5.41, 5.74) is 3.29. The summed E-state index contributed by atoms with van der Waals surface area (Å²) in [6.07, 6.45) is 2.66. The van der Waals surface area contributed by atoms with Crippen molar-refractivity contribution in [3.05, 3.63) is 41.1 Å². The van der Waals surface area contributed by atoms with Gasteiger partial charge in [0, 0.05) is 23.3 Å². The van der Waals surface area contributed by atoms with Crippen molar-refractivity contribution in [2.45, 2.75) is 47.1 Å². The number of benzene rings is 1. The van der Waals surface area contributed by atoms with Crippen LogP contribution in [0.15, 0.2) is 30.0 Å². The Kier molecular flexibility index (Phi) is 3.91. The van der Waals surface area contributed by atoms with Crippen molar-refractivity contribution in [1.82, 2.24) is 0 Å². The zero-order valence-electron chi connectivity index (χ0n) is 13.4. The van der Waals surface area contributed by atoms with Crippen LogP contribution in [-0.4, -0.2) is 11.8 Å². The molecule has 110 valence electrons. The van der Waals surface area contributed by atoms with Gasteiger partial charge in [-0.3, -0.25) is 4.79 Å². The number of allylic oxidation sites excluding steroid dienone is 1. The van der Waals surface area contributed by atoms with Gasteiger partial charge in [0.05, 0.1) is 0 Å². The molecule has 21 heavy (non-hydrogen) atoms. The Hall–Kier alpha value is -2.08. The van der Waals surface area contributed by atoms with Crippen LogP contribution in [0.2, 0.25) is 0 Å². The molecule has 1 aliphatic heterocycles. The van der Waals surface area contributed by atoms with Crippen LogP contribution in [-0.2, 0) is 11.2 Å². The Morgan fingerprint density at radius 1 is 1.43 bits per heavy atom. The van der Waals surface area contributed by atoms with Gasteiger partial charge in [-0.2, -0.15) is 5.26 Å². The van der Waals surface area contributed by atoms with E-state index in [1.165, 1.54) is 11.1 Å². The predicted molar refractivity (Wildman–Crippen MR) is 85.0 cm³/mol. The van der Waals surface area contributed by atoms with Gasteiger partial charge < -0.3 is 4.90 Å². The van der Waals surface area contributed by atoms with Crippen molar-refractivity contribution < 1.29 is 4.79 Å². The van der Waals surface area contributed by atoms with E-state index < -0.39 is 5.41 Å². The molecule has 3 heteroatoms. The molecule has 0 spiro atoms. The van der Waals surface area contributed by atoms with E-state index in [1.807, 2.05) is 20.8 Å². The monoisotopic (exact) mass is 282 g/mol. The van der Waals surface area contributed by atoms with Crippen LogP contribution in [0, 0.1) is 23.7 Å². The molecule has 0 saturated carbocycles. The summed E-state index contributed by atoms with van der Waals surface area (Å²) in [6.45, 7) is 9.71. The Balaban J connectivity index is 2.41. The topological polar surface area (TPSA) is 44.1 Å². The fourth-order valence-corrected chi connectivity index (χ4v) is 2.66. The van der Waals surface area contributed by atoms with Gasteiger partial charge in [-0.25, -0.2) is 0 Å². The zero-order chi connectivity index (χ0) is 15.8. The Bertz CT molecular complexity index is 644. The summed E-state index contributed by atoms with van der Waals surface area (Å²) in [6, 6.07) is 8.64. The third-order valence-electron chi connectivity index (χ3n) is 3.82. The number of Topliss-reactive ketones (excluding diaryl/α,β-unsaturated/α-hetero) is 1. The molecule has 1 unspecified atom stereocenters. The highest BCUT2D eigenvalue weighted by Gasteiger charge is 2.29. The summed E-state index contributed by atoms with van der Waals surface area (Å²) in [5.74, 6) is -0.113. The van der Waals surface area contributed by atoms with Crippen LogP contribution in [0.1, 0.15) is 38.8 Å². The van der Waals surface area contributed by atoms with E-state index in [0.29, 0.717) is 0 Å². The molecule has 0 fully saturated rings. The molecule has 0 bridgehead atoms. The van der Waals surface area contributed by atoms with Crippen molar-refractivity contribution in [3.63, 3.8) is 0 Å². The average Bonchev–Trinajstić information content (AvgIpc) is 2.69. The predicted octanol–water partition coefficient (Wildman–Crippen LogP) is 3.77. The zero-order valence-corrected chi connectivity index (χ0v) is 13.4. The lowest BCUT2D eigenvalue weighted by molar-refractivity contribution is -0.122. The molecule has 0 aromatic heterocycles. The largest absolute Gasteiger partial charge is 0.343 e. The molecule has 0 radical (unpaired) electrons. The van der Waals surface area contributed by atoms with Crippen molar-refractivity contribution >= 4 is 11.5 Å². The number of fused-ring (bicyclic) bond motifs is 1. The number of carbonyl (C=O) groups is 1. The number of nitrogens with zero attached hydrogens (tertiary/aromatic N) is 2. The van der Waals surface area contributed by atoms with E-state index in [1.54, 1.807) is 6.20 Å². The third kappa shape index (κ3) is 3.00. The molecule has 0 amide bonds. The number of aryl methyl sites for hydroxylation is 1. The summed E-state index contributed by atoms with van der Waals surface area (Å²) in [5, 5.41) is 9.33. The smallest absolute Gasteiger partial charge is 0.180 e. The molecule has 1 atom stereocenters. The number of carbonyl (C=O) groups excluding carboxylic acids is 1. The van der Waals surface area contributed by atoms with Crippen LogP contribution < -0.4 is 4.90 Å². The summed E-state index contributed by atoms with van der Waals surface area (Å²) >= 11 is 0. The molecular weight excluding hydrogens is 260 g/mol. The van der Waals surface area contributed by atoms with E-state index in [-0.39, 0.29) is 17.4 Å². The fraction of sp³-hybridized carbons (Fsp3) is 0.444. The number of hydrogen-bond acceptors (Lipinski definition) is 3. The van der Waals surface area contributed by atoms with Gasteiger partial charge in [-0.05, 0) is 31.9 Å². The van der Waals surface area contributed by atoms with Gasteiger partial charge in [-0.15, -0.1) is 0 Å². The maximum Gasteiger partial charge on any atom is 0.180 e. The first-order chi connectivity index (χ1) is 9.74. The molecular formula is C18H22N2O. The lowest BCUT2D eigenvalue weighted by atomic mass is 9.87. The first-order valence-corrected chi connectivity index (χ1v) is 7.28. The number of hydrogen-bond donors (Lipinski definition) is 0. The maximum absolute atomic E-state index is 12.3. The number of rotatable bonds is 2. The van der Waals surface area contributed by atoms with Gasteiger partial charge in [0.1, 0.15) is 11.6 Å². The summed E-state index contributed by atoms with van der Waals surface area (Å²) in [7, 11) is 0. The summed E-state index contributed by atoms with van der Waals surface area (Å²) in [4.78, 5) is 14.4. The lowest BCUT2D eigenvalue weighted by Gasteiger charge is -2.22. The molecule has 0 aliphatic carbocycles. The molecule has 0 saturated heterocycles. The van der Waals surface area contributed by atoms with Crippen LogP contribution in [0.25, 0.3) is 0 Å². The van der Waals surface area contributed by atoms with Crippen LogP contribution in [0.3, 0.4) is 0 Å². The highest BCUT2D eigenvalue weighted by atomic mass is 16.1. The molecule has 1 aromatic rings. The van der Waals surface area contributed by atoms with E-state index in [4.69, 9.17) is 0 Å². The molecule has 1 aliphatic rings. The highest BCUT2D eigenvalue weighted by molar-refractivity contribution is 6.02. The maximum atomic E-state index is 12.3. The Labute approximate surface area is 126 Å². The minimum absolute atomic E-state index is 0.113. The number of ketones is 1. The van der Waals surface area contributed by atoms with E-state index in [2.05, 4.69) is 43.0 Å². The lowest BCUT2D eigenvalue weighted by Crippen LogP contribution is -2.27. The fourth-order valence-electron chi connectivity index (χ4n) is 2.66. The Morgan fingerprint density at radius 3 is 2.67 bits per heavy atom. The highest BCUT2D eigenvalue weighted by Crippen LogP contribution is 2.34. The van der Waals surface area contributed by atoms with Crippen LogP contribution in [0.5, 0.6) is 0 Å². The molecule has 0 N–H and O–H groups in total. The molecule has 1 heterocycles. The van der Waals surface area contributed by atoms with E-state index in [9.17, 15) is 10.1 Å². The molecule has 2 rings (SSSR count). The first kappa shape index (κ1) is 15.3. The van der Waals surface area contributed by atoms with Crippen molar-refractivity contribution in [2.24, 2.45) is 5.41 Å². The number of nitriles is 1. The van der Waals surface area contributed by atoms with Crippen molar-refractivity contribution in [1.29, 1.82) is 5.26 Å². The minimum Gasteiger partial charge on any atom is -0.343 e. The second kappa shape index (κ2) is 5.37. The quantitative estimate of drug-likeness (QED) is 0.612. The van der Waals surface area contributed by atoms with Crippen molar-refractivity contribution in [3.8, 4) is 6.07 Å². The third-order valence-corrected chi connectivity index (χ3v) is 3.82. The van der Waals surface area contributed by atoms with Gasteiger partial charge in [0.15, 0.2) is 5.78 Å². The minimum atomic E-state index is -0.541. The average molecular weight is 282 g/mol. The van der Waals surface area contributed by atoms with Gasteiger partial charge >= 0.3 is 0 Å². The summed E-state index contributed by atoms with van der Waals surface area (Å²) < 4.78 is 0. The van der Waals surface area contributed by atoms with Gasteiger partial charge in [0.25, 0.3) is 0 Å². The normalized spacial score (nSPS) is 18.4. The SMILES string of the molecule is Cc1ccc2c(c1)CC(C)N2C=C(C#N)C(=O)C(C)(C)C. The van der Waals surface area contributed by atoms with Crippen LogP contribution in [0.4, 0.5) is 5.69 Å². The second-order valence-electron chi connectivity index (χ2n) is 6.83. The molecule has 3 nitrogen and oxygen atoms in total. The van der Waals surface area contributed by atoms with E-state index in [0.717, 1.165) is 12.1 Å². The van der Waals surface area contributed by atoms with E-state index >= 15 is 0 Å². The Morgan fingerprint density at radius 2 is 2.10 bits per heavy atom. The molecule has 1 aromatic carbocycles. The first-order valence-electron chi connectivity index (χ1n) is 7.28. The van der Waals surface area contributed by atoms with Crippen LogP contribution >= 0.6 is 0 Å². The van der Waals surface area contributed by atoms with Crippen molar-refractivity contribution in [2.75, 3.05) is 4.90 Å². The second-order valence-corrected chi connectivity index (χ2v) is 6.83. The standard InChI is InChI=1S/C18H22N2O/c1-12-6-7-16-14(8-12)9-13(2)20(16)11-15(10-19)17(21)18(3,4)5/h6-8,11,13H,9H2,1-5H3.